The Morgan fingerprint density at radius 2 is 0.477 bits per heavy atom. The van der Waals surface area contributed by atoms with Gasteiger partial charge in [-0.2, -0.15) is 0 Å². The van der Waals surface area contributed by atoms with Gasteiger partial charge in [0.1, 0.15) is 0 Å². The molecule has 5 aromatic heterocycles. The van der Waals surface area contributed by atoms with E-state index < -0.39 is 40.4 Å². The molecule has 0 fully saturated rings. The lowest BCUT2D eigenvalue weighted by Gasteiger charge is -2.31. The Hall–Kier alpha value is -14.9. The fourth-order valence-corrected chi connectivity index (χ4v) is 48.1. The first-order valence-electron chi connectivity index (χ1n) is 45.0. The standard InChI is InChI=1S/5C24H19NSi/c1-18-10-8-15-21-22-16-9-17-25-24(22)26(23(18)21,19-11-4-2-5-12-19)20-13-6-3-7-14-20;1-18-16-22-21-14-8-9-15-23(21)26(24(22)17-25-18,19-10-4-2-5-11-19)20-12-6-3-7-13-20;1-18-24-22(16-17-25-18)21-14-8-9-15-23(21)26(24,19-10-4-2-5-11-19)20-12-6-3-7-13-20;1-18-14-15-21-22-13-8-16-25-24(22)26(23(21)17-18,19-9-4-2-5-10-19)20-11-6-3-7-12-20;1-18-14-15-23-22(17-18)21-13-8-16-25-24(21)26(23,19-9-4-2-5-10-19)20-11-6-3-7-12-20/h5*2-17H,1H3. The third-order valence-electron chi connectivity index (χ3n) is 27.4. The molecule has 130 heavy (non-hydrogen) atoms. The number of fused-ring (bicyclic) bond motifs is 15. The summed E-state index contributed by atoms with van der Waals surface area (Å²) in [6, 6.07) is 166. The van der Waals surface area contributed by atoms with Gasteiger partial charge in [0.15, 0.2) is 16.1 Å². The van der Waals surface area contributed by atoms with Gasteiger partial charge in [-0.15, -0.1) is 0 Å². The van der Waals surface area contributed by atoms with Crippen LogP contribution in [-0.4, -0.2) is 65.3 Å². The summed E-state index contributed by atoms with van der Waals surface area (Å²) in [4.78, 5) is 24.4. The lowest BCUT2D eigenvalue weighted by atomic mass is 10.1. The highest BCUT2D eigenvalue weighted by molar-refractivity contribution is 7.25. The average Bonchev–Trinajstić information content (AvgIpc) is 1.57. The van der Waals surface area contributed by atoms with Gasteiger partial charge in [-0.3, -0.25) is 24.9 Å². The highest BCUT2D eigenvalue weighted by Crippen LogP contribution is 2.35. The maximum atomic E-state index is 4.98. The Morgan fingerprint density at radius 3 is 0.931 bits per heavy atom. The van der Waals surface area contributed by atoms with Crippen molar-refractivity contribution >= 4 is 144 Å². The molecule has 10 heterocycles. The second-order valence-corrected chi connectivity index (χ2v) is 52.9. The molecule has 0 aliphatic carbocycles. The minimum Gasteiger partial charge on any atom is -0.264 e. The van der Waals surface area contributed by atoms with E-state index in [9.17, 15) is 0 Å². The van der Waals surface area contributed by atoms with Crippen LogP contribution < -0.4 is 104 Å². The zero-order valence-electron chi connectivity index (χ0n) is 73.4. The largest absolute Gasteiger partial charge is 0.264 e. The first-order valence-corrected chi connectivity index (χ1v) is 55.0. The molecule has 15 aromatic carbocycles. The van der Waals surface area contributed by atoms with E-state index in [0.29, 0.717) is 0 Å². The monoisotopic (exact) mass is 1750 g/mol. The Bertz CT molecular complexity index is 6950. The third kappa shape index (κ3) is 13.3. The van der Waals surface area contributed by atoms with Crippen molar-refractivity contribution in [1.82, 2.24) is 24.9 Å². The number of hydrogen-bond donors (Lipinski definition) is 0. The number of pyridine rings is 5. The average molecular weight is 1750 g/mol. The number of hydrogen-bond acceptors (Lipinski definition) is 5. The van der Waals surface area contributed by atoms with Crippen molar-refractivity contribution in [1.29, 1.82) is 0 Å². The Morgan fingerprint density at radius 1 is 0.169 bits per heavy atom. The molecule has 0 unspecified atom stereocenters. The third-order valence-corrected chi connectivity index (χ3v) is 51.7. The van der Waals surface area contributed by atoms with E-state index in [1.54, 1.807) is 0 Å². The van der Waals surface area contributed by atoms with Crippen molar-refractivity contribution in [3.05, 3.63) is 514 Å². The van der Waals surface area contributed by atoms with E-state index in [4.69, 9.17) is 24.9 Å². The molecule has 0 radical (unpaired) electrons. The summed E-state index contributed by atoms with van der Waals surface area (Å²) >= 11 is 0. The van der Waals surface area contributed by atoms with E-state index in [1.807, 2.05) is 24.8 Å². The molecule has 0 bridgehead atoms. The second-order valence-electron chi connectivity index (χ2n) is 34.5. The Balaban J connectivity index is 0.0000000983. The first kappa shape index (κ1) is 82.1. The molecule has 0 saturated heterocycles. The summed E-state index contributed by atoms with van der Waals surface area (Å²) in [6.45, 7) is 10.8. The van der Waals surface area contributed by atoms with Gasteiger partial charge in [-0.05, 0) is 209 Å². The maximum absolute atomic E-state index is 4.98. The zero-order chi connectivity index (χ0) is 87.8. The number of nitrogens with zero attached hydrogens (tertiary/aromatic N) is 5. The molecule has 5 aliphatic heterocycles. The summed E-state index contributed by atoms with van der Waals surface area (Å²) in [5.74, 6) is 0. The zero-order valence-corrected chi connectivity index (χ0v) is 78.4. The number of aromatic nitrogens is 5. The lowest BCUT2D eigenvalue weighted by molar-refractivity contribution is 1.21. The molecular formula is C120H95N5Si5. The van der Waals surface area contributed by atoms with Crippen LogP contribution in [0.5, 0.6) is 0 Å². The molecule has 25 rings (SSSR count). The van der Waals surface area contributed by atoms with E-state index in [1.165, 1.54) is 176 Å². The van der Waals surface area contributed by atoms with E-state index in [-0.39, 0.29) is 0 Å². The minimum absolute atomic E-state index is 1.07. The molecule has 5 nitrogen and oxygen atoms in total. The van der Waals surface area contributed by atoms with Crippen molar-refractivity contribution in [3.8, 4) is 55.6 Å². The molecule has 0 atom stereocenters. The number of benzene rings is 15. The van der Waals surface area contributed by atoms with E-state index >= 15 is 0 Å². The molecule has 20 aromatic rings. The molecule has 5 aliphatic rings. The van der Waals surface area contributed by atoms with Crippen molar-refractivity contribution in [3.63, 3.8) is 0 Å². The Kier molecular flexibility index (Phi) is 21.9. The van der Waals surface area contributed by atoms with Gasteiger partial charge in [0.05, 0.1) is 0 Å². The van der Waals surface area contributed by atoms with Crippen LogP contribution in [0, 0.1) is 34.6 Å². The minimum atomic E-state index is -2.38. The summed E-state index contributed by atoms with van der Waals surface area (Å²) in [6.07, 6.45) is 9.94. The van der Waals surface area contributed by atoms with Gasteiger partial charge in [-0.1, -0.05) is 441 Å². The van der Waals surface area contributed by atoms with Gasteiger partial charge in [-0.25, -0.2) is 0 Å². The SMILES string of the molecule is Cc1cc2c(cn1)[Si](c1ccccc1)(c1ccccc1)c1ccccc1-2.Cc1ccc2c(c1)-c1cccnc1[Si]2(c1ccccc1)c1ccccc1.Cc1ccc2c(c1)[Si](c1ccccc1)(c1ccccc1)c1ncccc1-2.Cc1cccc2c1[Si](c1ccccc1)(c1ccccc1)c1ncccc1-2.Cc1nccc2c1[Si](c1ccccc1)(c1ccccc1)c1ccccc1-2. The first-order chi connectivity index (χ1) is 64.1. The van der Waals surface area contributed by atoms with Crippen LogP contribution in [-0.2, 0) is 0 Å². The van der Waals surface area contributed by atoms with Crippen molar-refractivity contribution in [2.75, 3.05) is 0 Å². The summed E-state index contributed by atoms with van der Waals surface area (Å²) in [5, 5.41) is 28.1. The smallest absolute Gasteiger partial charge is 0.203 e. The predicted molar refractivity (Wildman–Crippen MR) is 558 cm³/mol. The molecule has 10 heteroatoms. The fraction of sp³-hybridized carbons (Fsp3) is 0.0417. The normalized spacial score (nSPS) is 13.9. The molecule has 0 amide bonds. The summed E-state index contributed by atoms with van der Waals surface area (Å²) < 4.78 is 0. The molecular weight excluding hydrogens is 1650 g/mol. The molecule has 0 spiro atoms. The van der Waals surface area contributed by atoms with Crippen LogP contribution in [0.4, 0.5) is 0 Å². The van der Waals surface area contributed by atoms with Gasteiger partial charge < -0.3 is 0 Å². The maximum Gasteiger partial charge on any atom is 0.203 e. The highest BCUT2D eigenvalue weighted by atomic mass is 28.3. The van der Waals surface area contributed by atoms with E-state index in [2.05, 4.69) is 496 Å². The van der Waals surface area contributed by atoms with Gasteiger partial charge >= 0.3 is 0 Å². The molecule has 0 saturated carbocycles. The van der Waals surface area contributed by atoms with Crippen molar-refractivity contribution < 1.29 is 0 Å². The van der Waals surface area contributed by atoms with Gasteiger partial charge in [0, 0.05) is 58.3 Å². The fourth-order valence-electron chi connectivity index (χ4n) is 22.3. The highest BCUT2D eigenvalue weighted by Gasteiger charge is 2.55. The van der Waals surface area contributed by atoms with Crippen molar-refractivity contribution in [2.45, 2.75) is 34.6 Å². The van der Waals surface area contributed by atoms with Crippen LogP contribution in [0.25, 0.3) is 55.6 Å². The summed E-state index contributed by atoms with van der Waals surface area (Å²) in [5.41, 5.74) is 19.6. The molecule has 0 N–H and O–H groups in total. The number of aryl methyl sites for hydroxylation is 5. The van der Waals surface area contributed by atoms with Crippen LogP contribution in [0.3, 0.4) is 0 Å². The van der Waals surface area contributed by atoms with Crippen LogP contribution in [0.1, 0.15) is 28.1 Å². The lowest BCUT2D eigenvalue weighted by Crippen LogP contribution is -2.74. The van der Waals surface area contributed by atoms with Gasteiger partial charge in [0.25, 0.3) is 0 Å². The summed E-state index contributed by atoms with van der Waals surface area (Å²) in [7, 11) is -11.8. The van der Waals surface area contributed by atoms with E-state index in [0.717, 1.165) is 11.4 Å². The van der Waals surface area contributed by atoms with Crippen LogP contribution in [0.15, 0.2) is 486 Å². The Labute approximate surface area is 767 Å². The van der Waals surface area contributed by atoms with Gasteiger partial charge in [0.2, 0.25) is 24.2 Å². The van der Waals surface area contributed by atoms with Crippen LogP contribution in [0.2, 0.25) is 0 Å². The second kappa shape index (κ2) is 34.7. The van der Waals surface area contributed by atoms with Crippen LogP contribution >= 0.6 is 0 Å². The number of rotatable bonds is 10. The topological polar surface area (TPSA) is 64.5 Å². The quantitative estimate of drug-likeness (QED) is 0.128. The predicted octanol–water partition coefficient (Wildman–Crippen LogP) is 13.7. The van der Waals surface area contributed by atoms with Crippen molar-refractivity contribution in [2.24, 2.45) is 0 Å². The molecule has 620 valence electrons.